The number of amides is 1. The first-order valence-corrected chi connectivity index (χ1v) is 12.8. The van der Waals surface area contributed by atoms with Crippen LogP contribution in [-0.4, -0.2) is 62.2 Å². The Morgan fingerprint density at radius 1 is 1.03 bits per heavy atom. The van der Waals surface area contributed by atoms with Crippen LogP contribution in [0, 0.1) is 0 Å². The SMILES string of the molecule is CCOC(=O)c1ccc2c(c1)NC(=O)C2C(=Nc1ccc(CN(C)CC2OCCO2)cc1)c1ccccc1. The fourth-order valence-electron chi connectivity index (χ4n) is 4.74. The molecule has 0 radical (unpaired) electrons. The number of fused-ring (bicyclic) bond motifs is 1. The third kappa shape index (κ3) is 5.83. The summed E-state index contributed by atoms with van der Waals surface area (Å²) in [6.07, 6.45) is -0.175. The summed E-state index contributed by atoms with van der Waals surface area (Å²) < 4.78 is 16.2. The summed E-state index contributed by atoms with van der Waals surface area (Å²) in [6, 6.07) is 22.9. The van der Waals surface area contributed by atoms with Gasteiger partial charge in [-0.15, -0.1) is 0 Å². The maximum Gasteiger partial charge on any atom is 0.338 e. The van der Waals surface area contributed by atoms with Crippen molar-refractivity contribution < 1.29 is 23.8 Å². The number of hydrogen-bond donors (Lipinski definition) is 1. The summed E-state index contributed by atoms with van der Waals surface area (Å²) >= 11 is 0. The van der Waals surface area contributed by atoms with Crippen LogP contribution >= 0.6 is 0 Å². The standard InChI is InChI=1S/C30H31N3O5/c1-3-36-30(35)22-11-14-24-25(17-22)32-29(34)27(24)28(21-7-5-4-6-8-21)31-23-12-9-20(10-13-23)18-33(2)19-26-37-15-16-38-26/h4-14,17,26-27H,3,15-16,18-19H2,1-2H3,(H,32,34). The normalized spacial score (nSPS) is 17.5. The van der Waals surface area contributed by atoms with E-state index in [9.17, 15) is 9.59 Å². The Hall–Kier alpha value is -3.85. The molecule has 2 heterocycles. The fraction of sp³-hybridized carbons (Fsp3) is 0.300. The maximum atomic E-state index is 13.2. The molecule has 1 N–H and O–H groups in total. The molecule has 8 nitrogen and oxygen atoms in total. The number of ether oxygens (including phenoxy) is 3. The van der Waals surface area contributed by atoms with Gasteiger partial charge in [0.15, 0.2) is 6.29 Å². The highest BCUT2D eigenvalue weighted by Gasteiger charge is 2.36. The summed E-state index contributed by atoms with van der Waals surface area (Å²) in [7, 11) is 2.04. The van der Waals surface area contributed by atoms with Crippen LogP contribution in [0.4, 0.5) is 11.4 Å². The summed E-state index contributed by atoms with van der Waals surface area (Å²) in [5, 5.41) is 2.93. The minimum atomic E-state index is -0.610. The van der Waals surface area contributed by atoms with Crippen LogP contribution in [0.15, 0.2) is 77.8 Å². The second-order valence-electron chi connectivity index (χ2n) is 9.34. The van der Waals surface area contributed by atoms with Crippen molar-refractivity contribution in [2.45, 2.75) is 25.7 Å². The van der Waals surface area contributed by atoms with Crippen LogP contribution in [0.3, 0.4) is 0 Å². The van der Waals surface area contributed by atoms with Crippen molar-refractivity contribution in [3.05, 3.63) is 95.1 Å². The van der Waals surface area contributed by atoms with Crippen LogP contribution < -0.4 is 5.32 Å². The van der Waals surface area contributed by atoms with Gasteiger partial charge in [-0.3, -0.25) is 14.7 Å². The first-order chi connectivity index (χ1) is 18.5. The molecule has 0 spiro atoms. The molecule has 5 rings (SSSR count). The highest BCUT2D eigenvalue weighted by molar-refractivity contribution is 6.24. The Morgan fingerprint density at radius 2 is 1.76 bits per heavy atom. The predicted octanol–water partition coefficient (Wildman–Crippen LogP) is 4.52. The lowest BCUT2D eigenvalue weighted by atomic mass is 9.90. The van der Waals surface area contributed by atoms with Crippen LogP contribution in [0.25, 0.3) is 0 Å². The monoisotopic (exact) mass is 513 g/mol. The molecule has 0 aromatic heterocycles. The topological polar surface area (TPSA) is 89.5 Å². The number of rotatable bonds is 9. The molecule has 2 aliphatic rings. The largest absolute Gasteiger partial charge is 0.462 e. The van der Waals surface area contributed by atoms with Gasteiger partial charge in [-0.2, -0.15) is 0 Å². The maximum absolute atomic E-state index is 13.2. The average Bonchev–Trinajstić information content (AvgIpc) is 3.55. The Morgan fingerprint density at radius 3 is 2.47 bits per heavy atom. The van der Waals surface area contributed by atoms with E-state index in [1.807, 2.05) is 61.6 Å². The van der Waals surface area contributed by atoms with Gasteiger partial charge in [-0.05, 0) is 54.9 Å². The van der Waals surface area contributed by atoms with Crippen LogP contribution in [-0.2, 0) is 25.5 Å². The lowest BCUT2D eigenvalue weighted by Gasteiger charge is -2.20. The predicted molar refractivity (Wildman–Crippen MR) is 145 cm³/mol. The van der Waals surface area contributed by atoms with Crippen LogP contribution in [0.1, 0.15) is 39.9 Å². The third-order valence-electron chi connectivity index (χ3n) is 6.53. The van der Waals surface area contributed by atoms with Crippen molar-refractivity contribution in [2.75, 3.05) is 38.7 Å². The zero-order valence-electron chi connectivity index (χ0n) is 21.6. The van der Waals surface area contributed by atoms with Gasteiger partial charge in [0.1, 0.15) is 5.92 Å². The van der Waals surface area contributed by atoms with Crippen molar-refractivity contribution in [1.82, 2.24) is 4.90 Å². The molecule has 3 aromatic rings. The number of hydrogen-bond acceptors (Lipinski definition) is 7. The molecule has 1 saturated heterocycles. The average molecular weight is 514 g/mol. The minimum absolute atomic E-state index is 0.175. The third-order valence-corrected chi connectivity index (χ3v) is 6.53. The zero-order chi connectivity index (χ0) is 26.5. The number of esters is 1. The highest BCUT2D eigenvalue weighted by atomic mass is 16.7. The van der Waals surface area contributed by atoms with Gasteiger partial charge in [0.2, 0.25) is 5.91 Å². The van der Waals surface area contributed by atoms with E-state index >= 15 is 0 Å². The molecule has 2 aliphatic heterocycles. The van der Waals surface area contributed by atoms with Gasteiger partial charge in [0, 0.05) is 18.8 Å². The lowest BCUT2D eigenvalue weighted by molar-refractivity contribution is -0.115. The molecule has 196 valence electrons. The van der Waals surface area contributed by atoms with Crippen molar-refractivity contribution in [2.24, 2.45) is 4.99 Å². The molecule has 0 aliphatic carbocycles. The molecule has 0 bridgehead atoms. The summed E-state index contributed by atoms with van der Waals surface area (Å²) in [6.45, 7) is 4.78. The number of anilines is 1. The van der Waals surface area contributed by atoms with Gasteiger partial charge in [-0.25, -0.2) is 4.79 Å². The first-order valence-electron chi connectivity index (χ1n) is 12.8. The van der Waals surface area contributed by atoms with Crippen molar-refractivity contribution >= 4 is 29.0 Å². The van der Waals surface area contributed by atoms with Gasteiger partial charge in [0.05, 0.1) is 36.8 Å². The van der Waals surface area contributed by atoms with Crippen molar-refractivity contribution in [3.8, 4) is 0 Å². The Balaban J connectivity index is 1.41. The second kappa shape index (κ2) is 11.7. The number of nitrogens with one attached hydrogen (secondary N) is 1. The number of carbonyl (C=O) groups excluding carboxylic acids is 2. The highest BCUT2D eigenvalue weighted by Crippen LogP contribution is 2.37. The van der Waals surface area contributed by atoms with Crippen molar-refractivity contribution in [3.63, 3.8) is 0 Å². The van der Waals surface area contributed by atoms with E-state index in [2.05, 4.69) is 10.2 Å². The van der Waals surface area contributed by atoms with E-state index < -0.39 is 11.9 Å². The molecule has 1 amide bonds. The summed E-state index contributed by atoms with van der Waals surface area (Å²) in [5.74, 6) is -1.21. The van der Waals surface area contributed by atoms with Gasteiger partial charge < -0.3 is 19.5 Å². The summed E-state index contributed by atoms with van der Waals surface area (Å²) in [4.78, 5) is 32.6. The van der Waals surface area contributed by atoms with Crippen LogP contribution in [0.5, 0.6) is 0 Å². The van der Waals surface area contributed by atoms with Gasteiger partial charge in [0.25, 0.3) is 0 Å². The summed E-state index contributed by atoms with van der Waals surface area (Å²) in [5.41, 5.74) is 5.17. The molecular formula is C30H31N3O5. The molecule has 3 aromatic carbocycles. The smallest absolute Gasteiger partial charge is 0.338 e. The molecule has 0 saturated carbocycles. The Kier molecular flexibility index (Phi) is 7.93. The lowest BCUT2D eigenvalue weighted by Crippen LogP contribution is -2.29. The zero-order valence-corrected chi connectivity index (χ0v) is 21.6. The molecule has 1 atom stereocenters. The Labute approximate surface area is 222 Å². The van der Waals surface area contributed by atoms with E-state index in [0.29, 0.717) is 36.7 Å². The number of nitrogens with zero attached hydrogens (tertiary/aromatic N) is 2. The van der Waals surface area contributed by atoms with E-state index in [0.717, 1.165) is 28.9 Å². The number of aliphatic imine (C=N–C) groups is 1. The molecule has 1 fully saturated rings. The van der Waals surface area contributed by atoms with E-state index in [1.54, 1.807) is 25.1 Å². The minimum Gasteiger partial charge on any atom is -0.462 e. The molecule has 1 unspecified atom stereocenters. The van der Waals surface area contributed by atoms with Crippen molar-refractivity contribution in [1.29, 1.82) is 0 Å². The van der Waals surface area contributed by atoms with E-state index in [4.69, 9.17) is 19.2 Å². The number of carbonyl (C=O) groups is 2. The molecule has 8 heteroatoms. The van der Waals surface area contributed by atoms with E-state index in [1.165, 1.54) is 0 Å². The quantitative estimate of drug-likeness (QED) is 0.334. The second-order valence-corrected chi connectivity index (χ2v) is 9.34. The van der Waals surface area contributed by atoms with Gasteiger partial charge in [-0.1, -0.05) is 48.5 Å². The molecular weight excluding hydrogens is 482 g/mol. The van der Waals surface area contributed by atoms with E-state index in [-0.39, 0.29) is 18.8 Å². The van der Waals surface area contributed by atoms with Gasteiger partial charge >= 0.3 is 5.97 Å². The number of likely N-dealkylation sites (N-methyl/N-ethyl adjacent to an activating group) is 1. The van der Waals surface area contributed by atoms with Crippen LogP contribution in [0.2, 0.25) is 0 Å². The first kappa shape index (κ1) is 25.8. The molecule has 38 heavy (non-hydrogen) atoms. The Bertz CT molecular complexity index is 1320. The number of benzene rings is 3. The fourth-order valence-corrected chi connectivity index (χ4v) is 4.74.